The van der Waals surface area contributed by atoms with Crippen LogP contribution >= 0.6 is 0 Å². The predicted molar refractivity (Wildman–Crippen MR) is 73.2 cm³/mol. The number of aliphatic carboxylic acids is 1. The first-order chi connectivity index (χ1) is 9.10. The molecule has 19 heavy (non-hydrogen) atoms. The lowest BCUT2D eigenvalue weighted by atomic mass is 9.91. The second-order valence-electron chi connectivity index (χ2n) is 4.54. The molecule has 0 aromatic heterocycles. The van der Waals surface area contributed by atoms with E-state index in [1.807, 2.05) is 13.8 Å². The van der Waals surface area contributed by atoms with Crippen LogP contribution in [0.2, 0.25) is 0 Å². The number of hydrogen-bond donors (Lipinski definition) is 2. The zero-order valence-corrected chi connectivity index (χ0v) is 11.5. The number of aliphatic hydroxyl groups is 1. The number of benzene rings is 1. The van der Waals surface area contributed by atoms with Gasteiger partial charge in [-0.05, 0) is 31.0 Å². The molecule has 0 saturated carbocycles. The highest BCUT2D eigenvalue weighted by molar-refractivity contribution is 5.71. The van der Waals surface area contributed by atoms with Crippen LogP contribution in [0.1, 0.15) is 44.8 Å². The molecule has 0 aliphatic rings. The summed E-state index contributed by atoms with van der Waals surface area (Å²) in [5, 5.41) is 19.4. The van der Waals surface area contributed by atoms with Gasteiger partial charge in [-0.2, -0.15) is 0 Å². The first-order valence-corrected chi connectivity index (χ1v) is 6.73. The molecule has 4 heteroatoms. The number of carboxylic acids is 1. The Labute approximate surface area is 114 Å². The van der Waals surface area contributed by atoms with E-state index in [-0.39, 0.29) is 0 Å². The average molecular weight is 266 g/mol. The van der Waals surface area contributed by atoms with Gasteiger partial charge in [-0.3, -0.25) is 4.79 Å². The Balaban J connectivity index is 2.85. The fraction of sp³-hybridized carbons (Fsp3) is 0.533. The molecule has 0 aliphatic heterocycles. The molecule has 1 aromatic rings. The van der Waals surface area contributed by atoms with Gasteiger partial charge in [0.05, 0.1) is 18.6 Å². The van der Waals surface area contributed by atoms with Crippen molar-refractivity contribution in [2.45, 2.75) is 39.2 Å². The van der Waals surface area contributed by atoms with Crippen molar-refractivity contribution in [1.29, 1.82) is 0 Å². The molecule has 4 nitrogen and oxygen atoms in total. The van der Waals surface area contributed by atoms with Crippen LogP contribution in [-0.4, -0.2) is 22.8 Å². The lowest BCUT2D eigenvalue weighted by Crippen LogP contribution is -2.22. The van der Waals surface area contributed by atoms with Gasteiger partial charge in [0, 0.05) is 0 Å². The highest BCUT2D eigenvalue weighted by atomic mass is 16.5. The zero-order valence-electron chi connectivity index (χ0n) is 11.5. The Morgan fingerprint density at radius 2 is 2.11 bits per heavy atom. The highest BCUT2D eigenvalue weighted by Gasteiger charge is 2.27. The summed E-state index contributed by atoms with van der Waals surface area (Å²) in [6.45, 7) is 4.42. The van der Waals surface area contributed by atoms with Crippen LogP contribution in [0.25, 0.3) is 0 Å². The molecule has 2 atom stereocenters. The van der Waals surface area contributed by atoms with E-state index in [9.17, 15) is 15.0 Å². The van der Waals surface area contributed by atoms with E-state index in [0.717, 1.165) is 12.8 Å². The summed E-state index contributed by atoms with van der Waals surface area (Å²) in [6, 6.07) is 6.99. The van der Waals surface area contributed by atoms with Crippen LogP contribution in [0.15, 0.2) is 24.3 Å². The normalized spacial score (nSPS) is 13.8. The van der Waals surface area contributed by atoms with Gasteiger partial charge in [0.2, 0.25) is 0 Å². The second-order valence-corrected chi connectivity index (χ2v) is 4.54. The van der Waals surface area contributed by atoms with Crippen molar-refractivity contribution < 1.29 is 19.7 Å². The van der Waals surface area contributed by atoms with Gasteiger partial charge in [-0.15, -0.1) is 0 Å². The molecule has 0 radical (unpaired) electrons. The van der Waals surface area contributed by atoms with Gasteiger partial charge in [0.1, 0.15) is 5.75 Å². The summed E-state index contributed by atoms with van der Waals surface area (Å²) in [5.41, 5.74) is 0.592. The van der Waals surface area contributed by atoms with Crippen LogP contribution in [-0.2, 0) is 4.79 Å². The van der Waals surface area contributed by atoms with Crippen molar-refractivity contribution in [3.8, 4) is 5.75 Å². The summed E-state index contributed by atoms with van der Waals surface area (Å²) >= 11 is 0. The maximum Gasteiger partial charge on any atom is 0.309 e. The lowest BCUT2D eigenvalue weighted by molar-refractivity contribution is -0.146. The first-order valence-electron chi connectivity index (χ1n) is 6.73. The minimum absolute atomic E-state index is 0.478. The Hall–Kier alpha value is -1.55. The third kappa shape index (κ3) is 4.56. The number of unbranched alkanes of at least 4 members (excludes halogenated alkanes) is 1. The van der Waals surface area contributed by atoms with Gasteiger partial charge in [0.25, 0.3) is 0 Å². The smallest absolute Gasteiger partial charge is 0.309 e. The standard InChI is InChI=1S/C15H22O4/c1-3-5-9-13(15(17)18)14(16)11-7-6-8-12(10-11)19-4-2/h6-8,10,13-14,16H,3-5,9H2,1-2H3,(H,17,18). The number of rotatable bonds is 8. The Morgan fingerprint density at radius 3 is 2.68 bits per heavy atom. The lowest BCUT2D eigenvalue weighted by Gasteiger charge is -2.19. The Kier molecular flexibility index (Phi) is 6.36. The van der Waals surface area contributed by atoms with Crippen molar-refractivity contribution in [3.05, 3.63) is 29.8 Å². The van der Waals surface area contributed by atoms with Gasteiger partial charge in [0.15, 0.2) is 0 Å². The number of hydrogen-bond acceptors (Lipinski definition) is 3. The van der Waals surface area contributed by atoms with E-state index in [0.29, 0.717) is 24.3 Å². The third-order valence-corrected chi connectivity index (χ3v) is 3.08. The van der Waals surface area contributed by atoms with Crippen LogP contribution in [0, 0.1) is 5.92 Å². The van der Waals surface area contributed by atoms with Crippen molar-refractivity contribution in [3.63, 3.8) is 0 Å². The molecule has 2 unspecified atom stereocenters. The van der Waals surface area contributed by atoms with E-state index in [1.54, 1.807) is 24.3 Å². The van der Waals surface area contributed by atoms with Crippen LogP contribution < -0.4 is 4.74 Å². The summed E-state index contributed by atoms with van der Waals surface area (Å²) in [6.07, 6.45) is 1.19. The molecule has 0 saturated heterocycles. The molecule has 0 spiro atoms. The maximum absolute atomic E-state index is 11.2. The molecule has 0 heterocycles. The van der Waals surface area contributed by atoms with Crippen molar-refractivity contribution in [2.75, 3.05) is 6.61 Å². The molecule has 0 bridgehead atoms. The van der Waals surface area contributed by atoms with Crippen LogP contribution in [0.4, 0.5) is 0 Å². The second kappa shape index (κ2) is 7.79. The molecule has 106 valence electrons. The van der Waals surface area contributed by atoms with E-state index in [4.69, 9.17) is 4.74 Å². The van der Waals surface area contributed by atoms with E-state index in [1.165, 1.54) is 0 Å². The predicted octanol–water partition coefficient (Wildman–Crippen LogP) is 3.01. The summed E-state index contributed by atoms with van der Waals surface area (Å²) in [7, 11) is 0. The van der Waals surface area contributed by atoms with E-state index in [2.05, 4.69) is 0 Å². The zero-order chi connectivity index (χ0) is 14.3. The number of ether oxygens (including phenoxy) is 1. The molecule has 1 rings (SSSR count). The quantitative estimate of drug-likeness (QED) is 0.759. The number of aliphatic hydroxyl groups excluding tert-OH is 1. The van der Waals surface area contributed by atoms with Crippen molar-refractivity contribution in [1.82, 2.24) is 0 Å². The Bertz CT molecular complexity index is 403. The SMILES string of the molecule is CCCCC(C(=O)O)C(O)c1cccc(OCC)c1. The first kappa shape index (κ1) is 15.5. The summed E-state index contributed by atoms with van der Waals surface area (Å²) in [5.74, 6) is -1.07. The van der Waals surface area contributed by atoms with Gasteiger partial charge >= 0.3 is 5.97 Å². The fourth-order valence-electron chi connectivity index (χ4n) is 2.03. The highest BCUT2D eigenvalue weighted by Crippen LogP contribution is 2.28. The Morgan fingerprint density at radius 1 is 1.37 bits per heavy atom. The minimum Gasteiger partial charge on any atom is -0.494 e. The van der Waals surface area contributed by atoms with Crippen molar-refractivity contribution in [2.24, 2.45) is 5.92 Å². The number of carbonyl (C=O) groups is 1. The molecular formula is C15H22O4. The molecule has 0 amide bonds. The minimum atomic E-state index is -0.996. The molecule has 1 aromatic carbocycles. The third-order valence-electron chi connectivity index (χ3n) is 3.08. The van der Waals surface area contributed by atoms with Gasteiger partial charge in [-0.25, -0.2) is 0 Å². The van der Waals surface area contributed by atoms with Gasteiger partial charge in [-0.1, -0.05) is 31.9 Å². The average Bonchev–Trinajstić information content (AvgIpc) is 2.39. The summed E-state index contributed by atoms with van der Waals surface area (Å²) < 4.78 is 5.36. The monoisotopic (exact) mass is 266 g/mol. The topological polar surface area (TPSA) is 66.8 Å². The van der Waals surface area contributed by atoms with E-state index < -0.39 is 18.0 Å². The van der Waals surface area contributed by atoms with Crippen molar-refractivity contribution >= 4 is 5.97 Å². The molecule has 2 N–H and O–H groups in total. The fourth-order valence-corrected chi connectivity index (χ4v) is 2.03. The largest absolute Gasteiger partial charge is 0.494 e. The van der Waals surface area contributed by atoms with E-state index >= 15 is 0 Å². The molecule has 0 fully saturated rings. The van der Waals surface area contributed by atoms with Gasteiger partial charge < -0.3 is 14.9 Å². The van der Waals surface area contributed by atoms with Crippen LogP contribution in [0.3, 0.4) is 0 Å². The van der Waals surface area contributed by atoms with Crippen LogP contribution in [0.5, 0.6) is 5.75 Å². The summed E-state index contributed by atoms with van der Waals surface area (Å²) in [4.78, 5) is 11.2. The number of carboxylic acid groups (broad SMARTS) is 1. The maximum atomic E-state index is 11.2. The molecular weight excluding hydrogens is 244 g/mol. The molecule has 0 aliphatic carbocycles.